The first-order valence-corrected chi connectivity index (χ1v) is 6.08. The summed E-state index contributed by atoms with van der Waals surface area (Å²) in [4.78, 5) is 10.1. The molecule has 19 heavy (non-hydrogen) atoms. The molecule has 0 saturated heterocycles. The number of aryl methyl sites for hydroxylation is 1. The molecule has 0 atom stereocenters. The Kier molecular flexibility index (Phi) is 4.13. The SMILES string of the molecule is Cc1cccc(CCOc2ccc([N+](=O)[O-])cc2)c1. The number of rotatable bonds is 5. The van der Waals surface area contributed by atoms with Gasteiger partial charge in [-0.25, -0.2) is 0 Å². The topological polar surface area (TPSA) is 52.4 Å². The molecule has 98 valence electrons. The van der Waals surface area contributed by atoms with Gasteiger partial charge in [0.15, 0.2) is 0 Å². The molecule has 2 aromatic rings. The summed E-state index contributed by atoms with van der Waals surface area (Å²) in [5.41, 5.74) is 2.53. The Morgan fingerprint density at radius 1 is 1.16 bits per heavy atom. The molecule has 0 fully saturated rings. The first-order chi connectivity index (χ1) is 9.15. The highest BCUT2D eigenvalue weighted by Gasteiger charge is 2.04. The lowest BCUT2D eigenvalue weighted by Gasteiger charge is -2.06. The number of hydrogen-bond donors (Lipinski definition) is 0. The fraction of sp³-hybridized carbons (Fsp3) is 0.200. The Balaban J connectivity index is 1.87. The van der Waals surface area contributed by atoms with E-state index in [1.807, 2.05) is 6.07 Å². The minimum absolute atomic E-state index is 0.0750. The number of nitro groups is 1. The van der Waals surface area contributed by atoms with Gasteiger partial charge in [0, 0.05) is 18.6 Å². The van der Waals surface area contributed by atoms with Crippen molar-refractivity contribution in [3.8, 4) is 5.75 Å². The number of nitrogens with zero attached hydrogens (tertiary/aromatic N) is 1. The fourth-order valence-electron chi connectivity index (χ4n) is 1.82. The van der Waals surface area contributed by atoms with Crippen LogP contribution in [-0.2, 0) is 6.42 Å². The third-order valence-corrected chi connectivity index (χ3v) is 2.79. The molecule has 0 spiro atoms. The zero-order valence-electron chi connectivity index (χ0n) is 10.7. The molecule has 0 unspecified atom stereocenters. The van der Waals surface area contributed by atoms with Crippen molar-refractivity contribution in [1.82, 2.24) is 0 Å². The molecule has 0 aliphatic heterocycles. The van der Waals surface area contributed by atoms with Crippen molar-refractivity contribution in [2.75, 3.05) is 6.61 Å². The van der Waals surface area contributed by atoms with Gasteiger partial charge >= 0.3 is 0 Å². The molecule has 0 heterocycles. The van der Waals surface area contributed by atoms with Crippen LogP contribution in [-0.4, -0.2) is 11.5 Å². The molecule has 0 amide bonds. The minimum atomic E-state index is -0.420. The molecule has 0 N–H and O–H groups in total. The van der Waals surface area contributed by atoms with Crippen molar-refractivity contribution in [3.05, 3.63) is 69.8 Å². The molecule has 0 aromatic heterocycles. The van der Waals surface area contributed by atoms with Crippen LogP contribution in [0.25, 0.3) is 0 Å². The Bertz CT molecular complexity index is 564. The van der Waals surface area contributed by atoms with Crippen molar-refractivity contribution in [2.24, 2.45) is 0 Å². The van der Waals surface area contributed by atoms with Crippen molar-refractivity contribution < 1.29 is 9.66 Å². The van der Waals surface area contributed by atoms with Gasteiger partial charge in [-0.1, -0.05) is 29.8 Å². The Morgan fingerprint density at radius 2 is 1.89 bits per heavy atom. The molecule has 0 aliphatic carbocycles. The van der Waals surface area contributed by atoms with Gasteiger partial charge < -0.3 is 4.74 Å². The van der Waals surface area contributed by atoms with Gasteiger partial charge in [-0.15, -0.1) is 0 Å². The summed E-state index contributed by atoms with van der Waals surface area (Å²) in [5.74, 6) is 0.651. The second kappa shape index (κ2) is 6.00. The number of nitro benzene ring substituents is 1. The Labute approximate surface area is 111 Å². The molecule has 4 nitrogen and oxygen atoms in total. The summed E-state index contributed by atoms with van der Waals surface area (Å²) in [6, 6.07) is 14.4. The van der Waals surface area contributed by atoms with E-state index in [4.69, 9.17) is 4.74 Å². The molecule has 0 saturated carbocycles. The van der Waals surface area contributed by atoms with Crippen LogP contribution in [0.5, 0.6) is 5.75 Å². The van der Waals surface area contributed by atoms with Gasteiger partial charge in [0.1, 0.15) is 5.75 Å². The van der Waals surface area contributed by atoms with Crippen LogP contribution in [0, 0.1) is 17.0 Å². The largest absolute Gasteiger partial charge is 0.493 e. The average molecular weight is 257 g/mol. The van der Waals surface area contributed by atoms with Crippen LogP contribution in [0.1, 0.15) is 11.1 Å². The molecule has 0 bridgehead atoms. The molecule has 0 aliphatic rings. The van der Waals surface area contributed by atoms with E-state index in [0.717, 1.165) is 6.42 Å². The van der Waals surface area contributed by atoms with Gasteiger partial charge in [0.05, 0.1) is 11.5 Å². The third-order valence-electron chi connectivity index (χ3n) is 2.79. The summed E-state index contributed by atoms with van der Waals surface area (Å²) in [7, 11) is 0. The summed E-state index contributed by atoms with van der Waals surface area (Å²) >= 11 is 0. The molecule has 4 heteroatoms. The maximum Gasteiger partial charge on any atom is 0.269 e. The molecule has 2 aromatic carbocycles. The van der Waals surface area contributed by atoms with E-state index in [9.17, 15) is 10.1 Å². The highest BCUT2D eigenvalue weighted by atomic mass is 16.6. The van der Waals surface area contributed by atoms with Crippen molar-refractivity contribution in [1.29, 1.82) is 0 Å². The second-order valence-electron chi connectivity index (χ2n) is 4.34. The van der Waals surface area contributed by atoms with Crippen LogP contribution in [0.3, 0.4) is 0 Å². The maximum atomic E-state index is 10.5. The van der Waals surface area contributed by atoms with Crippen molar-refractivity contribution in [3.63, 3.8) is 0 Å². The molecular weight excluding hydrogens is 242 g/mol. The van der Waals surface area contributed by atoms with Gasteiger partial charge in [-0.3, -0.25) is 10.1 Å². The number of hydrogen-bond acceptors (Lipinski definition) is 3. The minimum Gasteiger partial charge on any atom is -0.493 e. The predicted molar refractivity (Wildman–Crippen MR) is 73.5 cm³/mol. The summed E-state index contributed by atoms with van der Waals surface area (Å²) in [6.45, 7) is 2.61. The normalized spacial score (nSPS) is 10.2. The van der Waals surface area contributed by atoms with Gasteiger partial charge in [0.2, 0.25) is 0 Å². The van der Waals surface area contributed by atoms with Crippen molar-refractivity contribution >= 4 is 5.69 Å². The predicted octanol–water partition coefficient (Wildman–Crippen LogP) is 3.52. The lowest BCUT2D eigenvalue weighted by molar-refractivity contribution is -0.384. The summed E-state index contributed by atoms with van der Waals surface area (Å²) in [6.07, 6.45) is 0.818. The molecule has 0 radical (unpaired) electrons. The Hall–Kier alpha value is -2.36. The quantitative estimate of drug-likeness (QED) is 0.608. The lowest BCUT2D eigenvalue weighted by Crippen LogP contribution is -2.01. The zero-order chi connectivity index (χ0) is 13.7. The number of benzene rings is 2. The molecule has 2 rings (SSSR count). The fourth-order valence-corrected chi connectivity index (χ4v) is 1.82. The van der Waals surface area contributed by atoms with Crippen LogP contribution < -0.4 is 4.74 Å². The highest BCUT2D eigenvalue weighted by Crippen LogP contribution is 2.17. The van der Waals surface area contributed by atoms with Gasteiger partial charge in [-0.2, -0.15) is 0 Å². The Morgan fingerprint density at radius 3 is 2.53 bits per heavy atom. The highest BCUT2D eigenvalue weighted by molar-refractivity contribution is 5.36. The molecular formula is C15H15NO3. The van der Waals surface area contributed by atoms with E-state index in [2.05, 4.69) is 25.1 Å². The van der Waals surface area contributed by atoms with Gasteiger partial charge in [0.25, 0.3) is 5.69 Å². The third kappa shape index (κ3) is 3.81. The first-order valence-electron chi connectivity index (χ1n) is 6.08. The van der Waals surface area contributed by atoms with E-state index in [1.54, 1.807) is 12.1 Å². The monoisotopic (exact) mass is 257 g/mol. The number of non-ortho nitro benzene ring substituents is 1. The second-order valence-corrected chi connectivity index (χ2v) is 4.34. The smallest absolute Gasteiger partial charge is 0.269 e. The van der Waals surface area contributed by atoms with Crippen LogP contribution in [0.15, 0.2) is 48.5 Å². The van der Waals surface area contributed by atoms with E-state index in [0.29, 0.717) is 12.4 Å². The number of ether oxygens (including phenoxy) is 1. The van der Waals surface area contributed by atoms with Crippen LogP contribution >= 0.6 is 0 Å². The van der Waals surface area contributed by atoms with Crippen LogP contribution in [0.2, 0.25) is 0 Å². The summed E-state index contributed by atoms with van der Waals surface area (Å²) < 4.78 is 5.56. The zero-order valence-corrected chi connectivity index (χ0v) is 10.7. The average Bonchev–Trinajstić information content (AvgIpc) is 2.39. The van der Waals surface area contributed by atoms with E-state index in [1.165, 1.54) is 23.3 Å². The standard InChI is InChI=1S/C15H15NO3/c1-12-3-2-4-13(11-12)9-10-19-15-7-5-14(6-8-15)16(17)18/h2-8,11H,9-10H2,1H3. The maximum absolute atomic E-state index is 10.5. The van der Waals surface area contributed by atoms with Gasteiger partial charge in [-0.05, 0) is 24.6 Å². The van der Waals surface area contributed by atoms with E-state index < -0.39 is 4.92 Å². The van der Waals surface area contributed by atoms with E-state index >= 15 is 0 Å². The summed E-state index contributed by atoms with van der Waals surface area (Å²) in [5, 5.41) is 10.5. The first kappa shape index (κ1) is 13.1. The van der Waals surface area contributed by atoms with Crippen molar-refractivity contribution in [2.45, 2.75) is 13.3 Å². The van der Waals surface area contributed by atoms with Crippen LogP contribution in [0.4, 0.5) is 5.69 Å². The van der Waals surface area contributed by atoms with E-state index in [-0.39, 0.29) is 5.69 Å². The lowest BCUT2D eigenvalue weighted by atomic mass is 10.1.